The van der Waals surface area contributed by atoms with Crippen LogP contribution in [0.5, 0.6) is 0 Å². The molecule has 0 radical (unpaired) electrons. The van der Waals surface area contributed by atoms with Gasteiger partial charge in [-0.3, -0.25) is 19.3 Å². The van der Waals surface area contributed by atoms with Gasteiger partial charge in [0.05, 0.1) is 6.42 Å². The van der Waals surface area contributed by atoms with E-state index in [1.165, 1.54) is 4.90 Å². The molecule has 4 aromatic carbocycles. The Hall–Kier alpha value is -4.25. The third kappa shape index (κ3) is 4.08. The van der Waals surface area contributed by atoms with Crippen molar-refractivity contribution in [3.05, 3.63) is 114 Å². The fourth-order valence-electron chi connectivity index (χ4n) is 4.54. The molecule has 1 aliphatic rings. The minimum atomic E-state index is -0.281. The molecule has 4 aromatic rings. The number of rotatable bonds is 7. The van der Waals surface area contributed by atoms with Crippen molar-refractivity contribution in [1.29, 1.82) is 0 Å². The number of imide groups is 1. The van der Waals surface area contributed by atoms with Gasteiger partial charge >= 0.3 is 0 Å². The molecule has 0 atom stereocenters. The van der Waals surface area contributed by atoms with Gasteiger partial charge in [-0.2, -0.15) is 0 Å². The van der Waals surface area contributed by atoms with Gasteiger partial charge < -0.3 is 4.90 Å². The van der Waals surface area contributed by atoms with E-state index < -0.39 is 0 Å². The lowest BCUT2D eigenvalue weighted by molar-refractivity contribution is -0.118. The molecule has 3 amide bonds. The van der Waals surface area contributed by atoms with Crippen molar-refractivity contribution in [2.75, 3.05) is 18.0 Å². The Morgan fingerprint density at radius 3 is 1.91 bits per heavy atom. The minimum Gasteiger partial charge on any atom is -0.312 e. The zero-order valence-corrected chi connectivity index (χ0v) is 18.7. The van der Waals surface area contributed by atoms with Crippen LogP contribution >= 0.6 is 0 Å². The molecule has 0 spiro atoms. The van der Waals surface area contributed by atoms with Gasteiger partial charge in [0.2, 0.25) is 5.91 Å². The maximum absolute atomic E-state index is 13.2. The summed E-state index contributed by atoms with van der Waals surface area (Å²) in [5, 5.41) is 1.61. The van der Waals surface area contributed by atoms with Crippen LogP contribution in [0.1, 0.15) is 32.7 Å². The molecule has 0 fully saturated rings. The molecule has 0 saturated carbocycles. The lowest BCUT2D eigenvalue weighted by Gasteiger charge is -2.29. The molecule has 5 heteroatoms. The van der Waals surface area contributed by atoms with Gasteiger partial charge in [0, 0.05) is 35.3 Å². The van der Waals surface area contributed by atoms with E-state index in [1.54, 1.807) is 17.0 Å². The number of benzene rings is 4. The van der Waals surface area contributed by atoms with Gasteiger partial charge in [0.25, 0.3) is 11.8 Å². The van der Waals surface area contributed by atoms with Crippen LogP contribution in [0.15, 0.2) is 97.1 Å². The average molecular weight is 449 g/mol. The molecule has 0 unspecified atom stereocenters. The maximum Gasteiger partial charge on any atom is 0.261 e. The Kier molecular flexibility index (Phi) is 5.91. The van der Waals surface area contributed by atoms with Crippen LogP contribution in [-0.4, -0.2) is 35.7 Å². The molecule has 0 aliphatic carbocycles. The fraction of sp³-hybridized carbons (Fsp3) is 0.138. The van der Waals surface area contributed by atoms with Crippen molar-refractivity contribution in [2.45, 2.75) is 12.8 Å². The molecule has 1 heterocycles. The highest BCUT2D eigenvalue weighted by Crippen LogP contribution is 2.30. The lowest BCUT2D eigenvalue weighted by atomic mass is 9.94. The second kappa shape index (κ2) is 9.32. The predicted molar refractivity (Wildman–Crippen MR) is 133 cm³/mol. The summed E-state index contributed by atoms with van der Waals surface area (Å²) in [4.78, 5) is 42.6. The first-order valence-electron chi connectivity index (χ1n) is 11.4. The first-order valence-corrected chi connectivity index (χ1v) is 11.4. The number of hydrogen-bond acceptors (Lipinski definition) is 3. The van der Waals surface area contributed by atoms with Crippen molar-refractivity contribution in [3.8, 4) is 0 Å². The predicted octanol–water partition coefficient (Wildman–Crippen LogP) is 5.10. The highest BCUT2D eigenvalue weighted by Gasteiger charge is 2.32. The Morgan fingerprint density at radius 1 is 0.706 bits per heavy atom. The van der Waals surface area contributed by atoms with Crippen molar-refractivity contribution in [1.82, 2.24) is 4.90 Å². The maximum atomic E-state index is 13.2. The molecule has 1 aliphatic heterocycles. The van der Waals surface area contributed by atoms with Gasteiger partial charge in [0.1, 0.15) is 0 Å². The van der Waals surface area contributed by atoms with Gasteiger partial charge in [0.15, 0.2) is 0 Å². The highest BCUT2D eigenvalue weighted by atomic mass is 16.2. The summed E-state index contributed by atoms with van der Waals surface area (Å²) in [6, 6.07) is 30.2. The summed E-state index contributed by atoms with van der Waals surface area (Å²) in [5.74, 6) is -0.587. The molecular weight excluding hydrogens is 424 g/mol. The summed E-state index contributed by atoms with van der Waals surface area (Å²) >= 11 is 0. The smallest absolute Gasteiger partial charge is 0.261 e. The van der Waals surface area contributed by atoms with Crippen molar-refractivity contribution < 1.29 is 14.4 Å². The standard InChI is InChI=1S/C29H24N2O3/c32-26(20-21-10-3-1-4-11-21)30(23-14-5-2-6-15-23)18-9-19-31-28(33)24-16-7-12-22-13-8-17-25(27(22)24)29(31)34/h1-8,10-17H,9,18-20H2. The molecule has 5 rings (SSSR count). The molecular formula is C29H24N2O3. The zero-order chi connectivity index (χ0) is 23.5. The van der Waals surface area contributed by atoms with E-state index in [0.29, 0.717) is 24.1 Å². The third-order valence-corrected chi connectivity index (χ3v) is 6.19. The van der Waals surface area contributed by atoms with Crippen LogP contribution in [0.3, 0.4) is 0 Å². The second-order valence-electron chi connectivity index (χ2n) is 8.37. The van der Waals surface area contributed by atoms with E-state index in [0.717, 1.165) is 22.0 Å². The van der Waals surface area contributed by atoms with Gasteiger partial charge in [-0.15, -0.1) is 0 Å². The van der Waals surface area contributed by atoms with Crippen LogP contribution < -0.4 is 4.90 Å². The van der Waals surface area contributed by atoms with Crippen molar-refractivity contribution in [2.24, 2.45) is 0 Å². The van der Waals surface area contributed by atoms with Gasteiger partial charge in [-0.05, 0) is 41.6 Å². The lowest BCUT2D eigenvalue weighted by Crippen LogP contribution is -2.42. The SMILES string of the molecule is O=C1c2cccc3cccc(c23)C(=O)N1CCCN(C(=O)Cc1ccccc1)c1ccccc1. The number of carbonyl (C=O) groups excluding carboxylic acids is 3. The quantitative estimate of drug-likeness (QED) is 0.370. The topological polar surface area (TPSA) is 57.7 Å². The summed E-state index contributed by atoms with van der Waals surface area (Å²) in [6.45, 7) is 0.642. The van der Waals surface area contributed by atoms with E-state index in [1.807, 2.05) is 84.9 Å². The van der Waals surface area contributed by atoms with E-state index in [9.17, 15) is 14.4 Å². The van der Waals surface area contributed by atoms with Gasteiger partial charge in [-0.25, -0.2) is 0 Å². The summed E-state index contributed by atoms with van der Waals surface area (Å²) in [5.41, 5.74) is 2.84. The number of hydrogen-bond donors (Lipinski definition) is 0. The third-order valence-electron chi connectivity index (χ3n) is 6.19. The highest BCUT2D eigenvalue weighted by molar-refractivity contribution is 6.25. The number of nitrogens with zero attached hydrogens (tertiary/aromatic N) is 2. The molecule has 0 N–H and O–H groups in total. The first-order chi connectivity index (χ1) is 16.6. The van der Waals surface area contributed by atoms with Crippen molar-refractivity contribution in [3.63, 3.8) is 0 Å². The second-order valence-corrected chi connectivity index (χ2v) is 8.37. The molecule has 0 saturated heterocycles. The molecule has 0 bridgehead atoms. The summed E-state index contributed by atoms with van der Waals surface area (Å²) in [7, 11) is 0. The van der Waals surface area contributed by atoms with Crippen LogP contribution in [0.25, 0.3) is 10.8 Å². The monoisotopic (exact) mass is 448 g/mol. The Morgan fingerprint density at radius 2 is 1.29 bits per heavy atom. The number of para-hydroxylation sites is 1. The molecule has 34 heavy (non-hydrogen) atoms. The normalized spacial score (nSPS) is 12.8. The van der Waals surface area contributed by atoms with E-state index >= 15 is 0 Å². The number of amides is 3. The van der Waals surface area contributed by atoms with Crippen LogP contribution in [0, 0.1) is 0 Å². The van der Waals surface area contributed by atoms with Gasteiger partial charge in [-0.1, -0.05) is 72.8 Å². The largest absolute Gasteiger partial charge is 0.312 e. The average Bonchev–Trinajstić information content (AvgIpc) is 2.88. The Balaban J connectivity index is 1.34. The first kappa shape index (κ1) is 21.6. The van der Waals surface area contributed by atoms with Crippen LogP contribution in [0.2, 0.25) is 0 Å². The van der Waals surface area contributed by atoms with Crippen LogP contribution in [0.4, 0.5) is 5.69 Å². The minimum absolute atomic E-state index is 0.0242. The molecule has 0 aromatic heterocycles. The molecule has 5 nitrogen and oxygen atoms in total. The van der Waals surface area contributed by atoms with Crippen molar-refractivity contribution >= 4 is 34.2 Å². The van der Waals surface area contributed by atoms with E-state index in [-0.39, 0.29) is 30.7 Å². The van der Waals surface area contributed by atoms with E-state index in [2.05, 4.69) is 0 Å². The molecule has 168 valence electrons. The van der Waals surface area contributed by atoms with Crippen LogP contribution in [-0.2, 0) is 11.2 Å². The van der Waals surface area contributed by atoms with E-state index in [4.69, 9.17) is 0 Å². The summed E-state index contributed by atoms with van der Waals surface area (Å²) < 4.78 is 0. The number of anilines is 1. The Bertz CT molecular complexity index is 1320. The fourth-order valence-corrected chi connectivity index (χ4v) is 4.54. The number of carbonyl (C=O) groups is 3. The zero-order valence-electron chi connectivity index (χ0n) is 18.7. The summed E-state index contributed by atoms with van der Waals surface area (Å²) in [6.07, 6.45) is 0.762. The Labute approximate surface area is 198 Å².